The summed E-state index contributed by atoms with van der Waals surface area (Å²) in [5, 5.41) is 3.92. The van der Waals surface area contributed by atoms with Crippen LogP contribution in [0, 0.1) is 19.8 Å². The van der Waals surface area contributed by atoms with E-state index in [1.54, 1.807) is 0 Å². The van der Waals surface area contributed by atoms with Gasteiger partial charge in [0.2, 0.25) is 0 Å². The standard InChI is InChI=1S/C13H21N3O/c1-9-12(10(2)17-16-9)8-15-13(14)11-6-4-3-5-7-11/h11H,3-8H2,1-2H3,(H2,14,15). The molecule has 1 saturated carbocycles. The molecule has 0 amide bonds. The lowest BCUT2D eigenvalue weighted by Crippen LogP contribution is -2.25. The third kappa shape index (κ3) is 2.87. The average molecular weight is 235 g/mol. The number of aliphatic imine (C=N–C) groups is 1. The summed E-state index contributed by atoms with van der Waals surface area (Å²) >= 11 is 0. The quantitative estimate of drug-likeness (QED) is 0.647. The van der Waals surface area contributed by atoms with Crippen molar-refractivity contribution in [3.8, 4) is 0 Å². The highest BCUT2D eigenvalue weighted by molar-refractivity contribution is 5.82. The van der Waals surface area contributed by atoms with Crippen molar-refractivity contribution in [2.45, 2.75) is 52.5 Å². The van der Waals surface area contributed by atoms with E-state index in [0.29, 0.717) is 12.5 Å². The van der Waals surface area contributed by atoms with Crippen LogP contribution in [0.2, 0.25) is 0 Å². The van der Waals surface area contributed by atoms with E-state index in [0.717, 1.165) is 22.9 Å². The fourth-order valence-corrected chi connectivity index (χ4v) is 2.43. The minimum atomic E-state index is 0.490. The third-order valence-corrected chi connectivity index (χ3v) is 3.62. The molecule has 1 aromatic heterocycles. The van der Waals surface area contributed by atoms with Crippen LogP contribution in [0.1, 0.15) is 49.1 Å². The van der Waals surface area contributed by atoms with Crippen molar-refractivity contribution in [1.82, 2.24) is 5.16 Å². The smallest absolute Gasteiger partial charge is 0.138 e. The van der Waals surface area contributed by atoms with E-state index in [1.165, 1.54) is 32.1 Å². The first-order valence-electron chi connectivity index (χ1n) is 6.40. The molecule has 0 bridgehead atoms. The van der Waals surface area contributed by atoms with Gasteiger partial charge in [-0.3, -0.25) is 4.99 Å². The molecule has 0 unspecified atom stereocenters. The first-order valence-corrected chi connectivity index (χ1v) is 6.40. The van der Waals surface area contributed by atoms with E-state index in [1.807, 2.05) is 13.8 Å². The van der Waals surface area contributed by atoms with E-state index in [2.05, 4.69) is 10.1 Å². The van der Waals surface area contributed by atoms with Crippen LogP contribution in [0.15, 0.2) is 9.52 Å². The zero-order chi connectivity index (χ0) is 12.3. The van der Waals surface area contributed by atoms with Crippen molar-refractivity contribution in [3.63, 3.8) is 0 Å². The Kier molecular flexibility index (Phi) is 3.82. The van der Waals surface area contributed by atoms with Crippen LogP contribution < -0.4 is 5.73 Å². The van der Waals surface area contributed by atoms with Crippen LogP contribution in [0.25, 0.3) is 0 Å². The Morgan fingerprint density at radius 1 is 1.35 bits per heavy atom. The van der Waals surface area contributed by atoms with Crippen LogP contribution in [-0.4, -0.2) is 11.0 Å². The molecule has 1 aromatic rings. The highest BCUT2D eigenvalue weighted by Crippen LogP contribution is 2.24. The number of hydrogen-bond donors (Lipinski definition) is 1. The molecule has 1 aliphatic carbocycles. The van der Waals surface area contributed by atoms with Gasteiger partial charge in [0.25, 0.3) is 0 Å². The Hall–Kier alpha value is -1.32. The van der Waals surface area contributed by atoms with Gasteiger partial charge in [-0.1, -0.05) is 24.4 Å². The van der Waals surface area contributed by atoms with E-state index < -0.39 is 0 Å². The monoisotopic (exact) mass is 235 g/mol. The van der Waals surface area contributed by atoms with Crippen molar-refractivity contribution in [2.24, 2.45) is 16.6 Å². The topological polar surface area (TPSA) is 64.4 Å². The van der Waals surface area contributed by atoms with Crippen LogP contribution >= 0.6 is 0 Å². The largest absolute Gasteiger partial charge is 0.387 e. The van der Waals surface area contributed by atoms with E-state index >= 15 is 0 Å². The fourth-order valence-electron chi connectivity index (χ4n) is 2.43. The zero-order valence-corrected chi connectivity index (χ0v) is 10.7. The number of rotatable bonds is 3. The van der Waals surface area contributed by atoms with Crippen molar-refractivity contribution in [1.29, 1.82) is 0 Å². The summed E-state index contributed by atoms with van der Waals surface area (Å²) in [5.74, 6) is 2.15. The lowest BCUT2D eigenvalue weighted by Gasteiger charge is -2.20. The lowest BCUT2D eigenvalue weighted by molar-refractivity contribution is 0.392. The Morgan fingerprint density at radius 3 is 2.65 bits per heavy atom. The maximum absolute atomic E-state index is 6.06. The Bertz CT molecular complexity index is 383. The van der Waals surface area contributed by atoms with Gasteiger partial charge in [-0.2, -0.15) is 0 Å². The molecular weight excluding hydrogens is 214 g/mol. The molecule has 4 nitrogen and oxygen atoms in total. The predicted molar refractivity (Wildman–Crippen MR) is 67.9 cm³/mol. The summed E-state index contributed by atoms with van der Waals surface area (Å²) in [6.45, 7) is 4.46. The number of hydrogen-bond acceptors (Lipinski definition) is 3. The molecule has 94 valence electrons. The highest BCUT2D eigenvalue weighted by atomic mass is 16.5. The van der Waals surface area contributed by atoms with Crippen LogP contribution in [0.5, 0.6) is 0 Å². The van der Waals surface area contributed by atoms with E-state index in [9.17, 15) is 0 Å². The normalized spacial score (nSPS) is 18.6. The van der Waals surface area contributed by atoms with Crippen molar-refractivity contribution < 1.29 is 4.52 Å². The van der Waals surface area contributed by atoms with Gasteiger partial charge in [0.05, 0.1) is 18.1 Å². The minimum absolute atomic E-state index is 0.490. The van der Waals surface area contributed by atoms with Crippen molar-refractivity contribution in [3.05, 3.63) is 17.0 Å². The molecule has 2 N–H and O–H groups in total. The zero-order valence-electron chi connectivity index (χ0n) is 10.7. The van der Waals surface area contributed by atoms with Gasteiger partial charge in [0.1, 0.15) is 5.76 Å². The molecule has 17 heavy (non-hydrogen) atoms. The van der Waals surface area contributed by atoms with Gasteiger partial charge >= 0.3 is 0 Å². The second kappa shape index (κ2) is 5.34. The highest BCUT2D eigenvalue weighted by Gasteiger charge is 2.17. The molecule has 0 saturated heterocycles. The lowest BCUT2D eigenvalue weighted by atomic mass is 9.88. The molecule has 1 heterocycles. The van der Waals surface area contributed by atoms with Crippen molar-refractivity contribution >= 4 is 5.84 Å². The van der Waals surface area contributed by atoms with Gasteiger partial charge in [-0.15, -0.1) is 0 Å². The van der Waals surface area contributed by atoms with Crippen LogP contribution in [0.4, 0.5) is 0 Å². The number of aryl methyl sites for hydroxylation is 2. The molecule has 1 aliphatic rings. The summed E-state index contributed by atoms with van der Waals surface area (Å²) < 4.78 is 5.11. The first kappa shape index (κ1) is 12.1. The summed E-state index contributed by atoms with van der Waals surface area (Å²) in [6.07, 6.45) is 6.29. The number of nitrogens with two attached hydrogens (primary N) is 1. The third-order valence-electron chi connectivity index (χ3n) is 3.62. The summed E-state index contributed by atoms with van der Waals surface area (Å²) in [4.78, 5) is 4.51. The Labute approximate surface area is 102 Å². The molecule has 0 atom stereocenters. The fraction of sp³-hybridized carbons (Fsp3) is 0.692. The molecule has 2 rings (SSSR count). The molecular formula is C13H21N3O. The summed E-state index contributed by atoms with van der Waals surface area (Å²) in [7, 11) is 0. The molecule has 0 spiro atoms. The Balaban J connectivity index is 1.99. The van der Waals surface area contributed by atoms with Gasteiger partial charge < -0.3 is 10.3 Å². The van der Waals surface area contributed by atoms with E-state index in [4.69, 9.17) is 10.3 Å². The minimum Gasteiger partial charge on any atom is -0.387 e. The van der Waals surface area contributed by atoms with Crippen LogP contribution in [-0.2, 0) is 6.54 Å². The molecule has 4 heteroatoms. The SMILES string of the molecule is Cc1noc(C)c1CN=C(N)C1CCCCC1. The first-order chi connectivity index (χ1) is 8.18. The maximum Gasteiger partial charge on any atom is 0.138 e. The molecule has 0 aromatic carbocycles. The number of aromatic nitrogens is 1. The van der Waals surface area contributed by atoms with Gasteiger partial charge in [-0.05, 0) is 26.7 Å². The van der Waals surface area contributed by atoms with E-state index in [-0.39, 0.29) is 0 Å². The average Bonchev–Trinajstić information content (AvgIpc) is 2.67. The Morgan fingerprint density at radius 2 is 2.06 bits per heavy atom. The number of amidine groups is 1. The van der Waals surface area contributed by atoms with Gasteiger partial charge in [0.15, 0.2) is 0 Å². The molecule has 0 aliphatic heterocycles. The predicted octanol–water partition coefficient (Wildman–Crippen LogP) is 2.73. The van der Waals surface area contributed by atoms with Crippen LogP contribution in [0.3, 0.4) is 0 Å². The second-order valence-electron chi connectivity index (χ2n) is 4.88. The maximum atomic E-state index is 6.06. The summed E-state index contributed by atoms with van der Waals surface area (Å²) in [5.41, 5.74) is 8.06. The summed E-state index contributed by atoms with van der Waals surface area (Å²) in [6, 6.07) is 0. The molecule has 1 fully saturated rings. The van der Waals surface area contributed by atoms with Gasteiger partial charge in [0, 0.05) is 11.5 Å². The van der Waals surface area contributed by atoms with Crippen molar-refractivity contribution in [2.75, 3.05) is 0 Å². The number of nitrogens with zero attached hydrogens (tertiary/aromatic N) is 2. The molecule has 0 radical (unpaired) electrons. The second-order valence-corrected chi connectivity index (χ2v) is 4.88. The van der Waals surface area contributed by atoms with Gasteiger partial charge in [-0.25, -0.2) is 0 Å².